The third-order valence-corrected chi connectivity index (χ3v) is 2.98. The second kappa shape index (κ2) is 5.74. The first-order chi connectivity index (χ1) is 5.83. The van der Waals surface area contributed by atoms with Gasteiger partial charge in [-0.1, -0.05) is 11.6 Å². The molecule has 0 aliphatic rings. The van der Waals surface area contributed by atoms with Gasteiger partial charge in [-0.15, -0.1) is 23.4 Å². The minimum absolute atomic E-state index is 0.737. The van der Waals surface area contributed by atoms with E-state index < -0.39 is 0 Å². The molecule has 3 heteroatoms. The topological polar surface area (TPSA) is 0 Å². The highest BCUT2D eigenvalue weighted by Crippen LogP contribution is 2.20. The Morgan fingerprint density at radius 3 is 2.42 bits per heavy atom. The van der Waals surface area contributed by atoms with Crippen LogP contribution in [0.4, 0.5) is 0 Å². The zero-order chi connectivity index (χ0) is 8.81. The third kappa shape index (κ3) is 3.70. The number of thioether (sulfide) groups is 1. The maximum Gasteiger partial charge on any atom is 0.0406 e. The summed E-state index contributed by atoms with van der Waals surface area (Å²) in [5, 5.41) is 0.789. The third-order valence-electron chi connectivity index (χ3n) is 1.36. The maximum atomic E-state index is 5.74. The highest BCUT2D eigenvalue weighted by atomic mass is 35.5. The fourth-order valence-electron chi connectivity index (χ4n) is 0.775. The molecule has 0 N–H and O–H groups in total. The summed E-state index contributed by atoms with van der Waals surface area (Å²) in [6.07, 6.45) is 1.05. The molecule has 0 amide bonds. The van der Waals surface area contributed by atoms with E-state index in [1.54, 1.807) is 0 Å². The second-order valence-electron chi connectivity index (χ2n) is 2.34. The van der Waals surface area contributed by atoms with Gasteiger partial charge in [0.15, 0.2) is 0 Å². The van der Waals surface area contributed by atoms with Gasteiger partial charge in [0.1, 0.15) is 0 Å². The summed E-state index contributed by atoms with van der Waals surface area (Å²) in [4.78, 5) is 1.25. The van der Waals surface area contributed by atoms with Crippen LogP contribution in [0.1, 0.15) is 6.42 Å². The number of hydrogen-bond acceptors (Lipinski definition) is 1. The molecule has 0 aromatic heterocycles. The monoisotopic (exact) mass is 220 g/mol. The Kier molecular flexibility index (Phi) is 4.89. The summed E-state index contributed by atoms with van der Waals surface area (Å²) < 4.78 is 0. The second-order valence-corrected chi connectivity index (χ2v) is 4.33. The van der Waals surface area contributed by atoms with E-state index in [2.05, 4.69) is 0 Å². The summed E-state index contributed by atoms with van der Waals surface area (Å²) in [5.41, 5.74) is 0. The van der Waals surface area contributed by atoms with Crippen molar-refractivity contribution in [3.63, 3.8) is 0 Å². The minimum Gasteiger partial charge on any atom is -0.127 e. The van der Waals surface area contributed by atoms with E-state index in [-0.39, 0.29) is 0 Å². The zero-order valence-electron chi connectivity index (χ0n) is 6.59. The smallest absolute Gasteiger partial charge is 0.0406 e. The Morgan fingerprint density at radius 2 is 1.83 bits per heavy atom. The van der Waals surface area contributed by atoms with Gasteiger partial charge in [0, 0.05) is 15.8 Å². The van der Waals surface area contributed by atoms with Crippen LogP contribution in [0.5, 0.6) is 0 Å². The van der Waals surface area contributed by atoms with Crippen molar-refractivity contribution < 1.29 is 0 Å². The number of halogens is 2. The molecule has 0 aliphatic heterocycles. The van der Waals surface area contributed by atoms with Gasteiger partial charge < -0.3 is 0 Å². The van der Waals surface area contributed by atoms with Crippen molar-refractivity contribution in [1.29, 1.82) is 0 Å². The molecule has 1 rings (SSSR count). The molecule has 0 spiro atoms. The van der Waals surface area contributed by atoms with Crippen molar-refractivity contribution in [3.05, 3.63) is 29.3 Å². The Balaban J connectivity index is 2.37. The Morgan fingerprint density at radius 1 is 1.17 bits per heavy atom. The van der Waals surface area contributed by atoms with Gasteiger partial charge in [-0.05, 0) is 36.4 Å². The molecule has 0 bridgehead atoms. The fourth-order valence-corrected chi connectivity index (χ4v) is 2.05. The van der Waals surface area contributed by atoms with E-state index in [0.717, 1.165) is 23.1 Å². The molecule has 0 aliphatic carbocycles. The lowest BCUT2D eigenvalue weighted by molar-refractivity contribution is 1.11. The van der Waals surface area contributed by atoms with Crippen molar-refractivity contribution in [3.8, 4) is 0 Å². The van der Waals surface area contributed by atoms with E-state index in [4.69, 9.17) is 23.2 Å². The first-order valence-electron chi connectivity index (χ1n) is 3.77. The molecule has 0 saturated heterocycles. The quantitative estimate of drug-likeness (QED) is 0.419. The van der Waals surface area contributed by atoms with Crippen molar-refractivity contribution in [1.82, 2.24) is 0 Å². The Hall–Kier alpha value is 0.150. The van der Waals surface area contributed by atoms with Gasteiger partial charge in [0.25, 0.3) is 0 Å². The molecule has 0 atom stereocenters. The van der Waals surface area contributed by atoms with Gasteiger partial charge in [0.2, 0.25) is 0 Å². The highest BCUT2D eigenvalue weighted by Gasteiger charge is 1.92. The molecular formula is C9H10Cl2S. The molecule has 0 nitrogen and oxygen atoms in total. The summed E-state index contributed by atoms with van der Waals surface area (Å²) in [5.74, 6) is 1.81. The first-order valence-corrected chi connectivity index (χ1v) is 5.67. The molecule has 0 heterocycles. The Labute approximate surface area is 87.3 Å². The molecule has 0 radical (unpaired) electrons. The molecule has 12 heavy (non-hydrogen) atoms. The highest BCUT2D eigenvalue weighted by molar-refractivity contribution is 7.99. The van der Waals surface area contributed by atoms with Crippen LogP contribution < -0.4 is 0 Å². The van der Waals surface area contributed by atoms with Crippen molar-refractivity contribution >= 4 is 35.0 Å². The Bertz CT molecular complexity index is 220. The molecular weight excluding hydrogens is 211 g/mol. The lowest BCUT2D eigenvalue weighted by Gasteiger charge is -1.98. The molecule has 0 saturated carbocycles. The van der Waals surface area contributed by atoms with Crippen molar-refractivity contribution in [2.24, 2.45) is 0 Å². The van der Waals surface area contributed by atoms with E-state index in [1.165, 1.54) is 4.90 Å². The fraction of sp³-hybridized carbons (Fsp3) is 0.333. The van der Waals surface area contributed by atoms with Crippen LogP contribution in [0.15, 0.2) is 29.2 Å². The van der Waals surface area contributed by atoms with E-state index >= 15 is 0 Å². The first kappa shape index (κ1) is 10.2. The predicted molar refractivity (Wildman–Crippen MR) is 57.5 cm³/mol. The van der Waals surface area contributed by atoms with E-state index in [9.17, 15) is 0 Å². The van der Waals surface area contributed by atoms with Crippen LogP contribution in [-0.4, -0.2) is 11.6 Å². The molecule has 0 unspecified atom stereocenters. The average Bonchev–Trinajstić information content (AvgIpc) is 2.09. The predicted octanol–water partition coefficient (Wildman–Crippen LogP) is 4.06. The van der Waals surface area contributed by atoms with Crippen LogP contribution >= 0.6 is 35.0 Å². The summed E-state index contributed by atoms with van der Waals surface area (Å²) >= 11 is 13.1. The molecule has 0 fully saturated rings. The minimum atomic E-state index is 0.737. The van der Waals surface area contributed by atoms with Crippen LogP contribution in [-0.2, 0) is 0 Å². The van der Waals surface area contributed by atoms with Crippen molar-refractivity contribution in [2.75, 3.05) is 11.6 Å². The summed E-state index contributed by atoms with van der Waals surface area (Å²) in [7, 11) is 0. The normalized spacial score (nSPS) is 10.2. The van der Waals surface area contributed by atoms with Crippen LogP contribution in [0.3, 0.4) is 0 Å². The SMILES string of the molecule is ClCCCSc1ccc(Cl)cc1. The number of alkyl halides is 1. The van der Waals surface area contributed by atoms with Crippen LogP contribution in [0.25, 0.3) is 0 Å². The van der Waals surface area contributed by atoms with Crippen LogP contribution in [0.2, 0.25) is 5.02 Å². The molecule has 66 valence electrons. The van der Waals surface area contributed by atoms with E-state index in [1.807, 2.05) is 36.0 Å². The molecule has 1 aromatic carbocycles. The number of benzene rings is 1. The van der Waals surface area contributed by atoms with Gasteiger partial charge >= 0.3 is 0 Å². The lowest BCUT2D eigenvalue weighted by Crippen LogP contribution is -1.80. The zero-order valence-corrected chi connectivity index (χ0v) is 8.92. The van der Waals surface area contributed by atoms with Gasteiger partial charge in [0.05, 0.1) is 0 Å². The summed E-state index contributed by atoms with van der Waals surface area (Å²) in [6.45, 7) is 0. The van der Waals surface area contributed by atoms with Gasteiger partial charge in [-0.25, -0.2) is 0 Å². The van der Waals surface area contributed by atoms with Crippen molar-refractivity contribution in [2.45, 2.75) is 11.3 Å². The standard InChI is InChI=1S/C9H10Cl2S/c10-6-1-7-12-9-4-2-8(11)3-5-9/h2-5H,1,6-7H2. The molecule has 1 aromatic rings. The number of hydrogen-bond donors (Lipinski definition) is 0. The average molecular weight is 221 g/mol. The largest absolute Gasteiger partial charge is 0.127 e. The van der Waals surface area contributed by atoms with Crippen LogP contribution in [0, 0.1) is 0 Å². The lowest BCUT2D eigenvalue weighted by atomic mass is 10.4. The van der Waals surface area contributed by atoms with E-state index in [0.29, 0.717) is 0 Å². The van der Waals surface area contributed by atoms with Gasteiger partial charge in [-0.3, -0.25) is 0 Å². The number of rotatable bonds is 4. The van der Waals surface area contributed by atoms with Gasteiger partial charge in [-0.2, -0.15) is 0 Å². The summed E-state index contributed by atoms with van der Waals surface area (Å²) in [6, 6.07) is 7.87. The maximum absolute atomic E-state index is 5.74.